The van der Waals surface area contributed by atoms with Gasteiger partial charge in [0.2, 0.25) is 0 Å². The number of rotatable bonds is 3. The van der Waals surface area contributed by atoms with Crippen molar-refractivity contribution in [3.05, 3.63) is 34.9 Å². The third kappa shape index (κ3) is 4.68. The maximum Gasteiger partial charge on any atom is 0.328 e. The number of aliphatic carboxylic acids is 1. The molecule has 0 aliphatic carbocycles. The highest BCUT2D eigenvalue weighted by Gasteiger charge is 2.24. The lowest BCUT2D eigenvalue weighted by Crippen LogP contribution is -2.27. The molecule has 0 aromatic heterocycles. The Balaban J connectivity index is 2.15. The summed E-state index contributed by atoms with van der Waals surface area (Å²) in [6.07, 6.45) is 3.80. The maximum atomic E-state index is 10.5. The Labute approximate surface area is 135 Å². The summed E-state index contributed by atoms with van der Waals surface area (Å²) < 4.78 is 0.311. The molecule has 0 saturated carbocycles. The molecular formula is C16H20ClNO2S. The van der Waals surface area contributed by atoms with Gasteiger partial charge in [0.15, 0.2) is 0 Å². The van der Waals surface area contributed by atoms with E-state index in [1.165, 1.54) is 0 Å². The molecule has 5 heteroatoms. The molecule has 1 aliphatic heterocycles. The Hall–Kier alpha value is -1.13. The van der Waals surface area contributed by atoms with Crippen LogP contribution >= 0.6 is 23.4 Å². The van der Waals surface area contributed by atoms with Crippen LogP contribution in [0.15, 0.2) is 24.3 Å². The first-order chi connectivity index (χ1) is 9.87. The molecule has 3 nitrogen and oxygen atoms in total. The molecule has 1 aromatic carbocycles. The van der Waals surface area contributed by atoms with Gasteiger partial charge >= 0.3 is 5.97 Å². The number of thioether (sulfide) groups is 1. The first kappa shape index (κ1) is 16.2. The second-order valence-electron chi connectivity index (χ2n) is 5.73. The molecule has 0 radical (unpaired) electrons. The monoisotopic (exact) mass is 325 g/mol. The third-order valence-electron chi connectivity index (χ3n) is 3.57. The fraction of sp³-hybridized carbons (Fsp3) is 0.438. The summed E-state index contributed by atoms with van der Waals surface area (Å²) in [5, 5.41) is 9.33. The Bertz CT molecular complexity index is 557. The van der Waals surface area contributed by atoms with Gasteiger partial charge in [-0.15, -0.1) is 0 Å². The van der Waals surface area contributed by atoms with Gasteiger partial charge in [-0.3, -0.25) is 0 Å². The molecular weight excluding hydrogens is 306 g/mol. The fourth-order valence-electron chi connectivity index (χ4n) is 2.31. The van der Waals surface area contributed by atoms with Crippen LogP contribution in [0.25, 0.3) is 6.08 Å². The van der Waals surface area contributed by atoms with E-state index in [0.29, 0.717) is 9.77 Å². The summed E-state index contributed by atoms with van der Waals surface area (Å²) in [6.45, 7) is 6.54. The second kappa shape index (κ2) is 6.75. The van der Waals surface area contributed by atoms with Crippen LogP contribution in [0.1, 0.15) is 25.8 Å². The molecule has 0 unspecified atom stereocenters. The molecule has 1 aromatic rings. The van der Waals surface area contributed by atoms with Crippen LogP contribution in [-0.4, -0.2) is 34.7 Å². The van der Waals surface area contributed by atoms with Gasteiger partial charge in [-0.2, -0.15) is 11.8 Å². The molecule has 114 valence electrons. The quantitative estimate of drug-likeness (QED) is 0.847. The van der Waals surface area contributed by atoms with Crippen LogP contribution in [0.3, 0.4) is 0 Å². The van der Waals surface area contributed by atoms with E-state index in [1.54, 1.807) is 6.08 Å². The number of anilines is 1. The number of carboxylic acid groups (broad SMARTS) is 1. The standard InChI is InChI=1S/C16H20ClNO2S/c1-16(2)7-8-18(9-10-21-16)14-5-3-12(11-13(14)17)4-6-15(19)20/h3-6,11H,7-10H2,1-2H3,(H,19,20)/b6-4+. The van der Waals surface area contributed by atoms with Crippen molar-refractivity contribution < 1.29 is 9.90 Å². The van der Waals surface area contributed by atoms with Crippen LogP contribution in [0.2, 0.25) is 5.02 Å². The van der Waals surface area contributed by atoms with Crippen LogP contribution in [-0.2, 0) is 4.79 Å². The number of benzene rings is 1. The summed E-state index contributed by atoms with van der Waals surface area (Å²) in [6, 6.07) is 5.70. The molecule has 1 aliphatic rings. The molecule has 0 amide bonds. The van der Waals surface area contributed by atoms with Crippen LogP contribution in [0.4, 0.5) is 5.69 Å². The summed E-state index contributed by atoms with van der Waals surface area (Å²) in [7, 11) is 0. The summed E-state index contributed by atoms with van der Waals surface area (Å²) >= 11 is 8.37. The molecule has 0 bridgehead atoms. The third-order valence-corrected chi connectivity index (χ3v) is 5.24. The molecule has 1 fully saturated rings. The number of hydrogen-bond donors (Lipinski definition) is 1. The van der Waals surface area contributed by atoms with E-state index in [1.807, 2.05) is 30.0 Å². The molecule has 1 N–H and O–H groups in total. The van der Waals surface area contributed by atoms with Gasteiger partial charge in [-0.05, 0) is 30.2 Å². The van der Waals surface area contributed by atoms with Crippen LogP contribution in [0.5, 0.6) is 0 Å². The predicted molar refractivity (Wildman–Crippen MR) is 91.5 cm³/mol. The highest BCUT2D eigenvalue weighted by molar-refractivity contribution is 8.00. The molecule has 1 saturated heterocycles. The smallest absolute Gasteiger partial charge is 0.328 e. The van der Waals surface area contributed by atoms with E-state index in [-0.39, 0.29) is 0 Å². The van der Waals surface area contributed by atoms with E-state index < -0.39 is 5.97 Å². The zero-order valence-corrected chi connectivity index (χ0v) is 13.9. The summed E-state index contributed by atoms with van der Waals surface area (Å²) in [5.41, 5.74) is 1.83. The number of hydrogen-bond acceptors (Lipinski definition) is 3. The van der Waals surface area contributed by atoms with E-state index in [4.69, 9.17) is 16.7 Å². The van der Waals surface area contributed by atoms with Gasteiger partial charge in [0.25, 0.3) is 0 Å². The molecule has 2 rings (SSSR count). The highest BCUT2D eigenvalue weighted by atomic mass is 35.5. The van der Waals surface area contributed by atoms with Gasteiger partial charge in [-0.1, -0.05) is 31.5 Å². The normalized spacial score (nSPS) is 18.7. The second-order valence-corrected chi connectivity index (χ2v) is 7.94. The average Bonchev–Trinajstić information content (AvgIpc) is 2.58. The van der Waals surface area contributed by atoms with E-state index >= 15 is 0 Å². The highest BCUT2D eigenvalue weighted by Crippen LogP contribution is 2.34. The largest absolute Gasteiger partial charge is 0.478 e. The predicted octanol–water partition coefficient (Wildman–Crippen LogP) is 4.16. The average molecular weight is 326 g/mol. The van der Waals surface area contributed by atoms with E-state index in [2.05, 4.69) is 18.7 Å². The van der Waals surface area contributed by atoms with Crippen molar-refractivity contribution in [2.75, 3.05) is 23.7 Å². The van der Waals surface area contributed by atoms with Crippen molar-refractivity contribution in [1.82, 2.24) is 0 Å². The lowest BCUT2D eigenvalue weighted by atomic mass is 10.1. The topological polar surface area (TPSA) is 40.5 Å². The SMILES string of the molecule is CC1(C)CCN(c2ccc(/C=C/C(=O)O)cc2Cl)CCS1. The van der Waals surface area contributed by atoms with E-state index in [0.717, 1.165) is 42.6 Å². The van der Waals surface area contributed by atoms with E-state index in [9.17, 15) is 4.79 Å². The lowest BCUT2D eigenvalue weighted by molar-refractivity contribution is -0.131. The summed E-state index contributed by atoms with van der Waals surface area (Å²) in [5.74, 6) is 0.131. The lowest BCUT2D eigenvalue weighted by Gasteiger charge is -2.25. The first-order valence-corrected chi connectivity index (χ1v) is 8.33. The molecule has 0 atom stereocenters. The van der Waals surface area contributed by atoms with Crippen molar-refractivity contribution in [1.29, 1.82) is 0 Å². The Morgan fingerprint density at radius 2 is 2.19 bits per heavy atom. The minimum Gasteiger partial charge on any atom is -0.478 e. The zero-order valence-electron chi connectivity index (χ0n) is 12.3. The van der Waals surface area contributed by atoms with Crippen molar-refractivity contribution in [2.24, 2.45) is 0 Å². The Morgan fingerprint density at radius 1 is 1.43 bits per heavy atom. The Kier molecular flexibility index (Phi) is 5.22. The van der Waals surface area contributed by atoms with Gasteiger partial charge in [0.05, 0.1) is 10.7 Å². The minimum atomic E-state index is -0.957. The molecule has 21 heavy (non-hydrogen) atoms. The maximum absolute atomic E-state index is 10.5. The number of nitrogens with zero attached hydrogens (tertiary/aromatic N) is 1. The van der Waals surface area contributed by atoms with Gasteiger partial charge in [0.1, 0.15) is 0 Å². The molecule has 1 heterocycles. The van der Waals surface area contributed by atoms with Gasteiger partial charge in [-0.25, -0.2) is 4.79 Å². The Morgan fingerprint density at radius 3 is 2.86 bits per heavy atom. The first-order valence-electron chi connectivity index (χ1n) is 6.97. The number of carboxylic acids is 1. The van der Waals surface area contributed by atoms with Crippen molar-refractivity contribution >= 4 is 41.1 Å². The zero-order chi connectivity index (χ0) is 15.5. The van der Waals surface area contributed by atoms with Gasteiger partial charge in [0, 0.05) is 29.7 Å². The van der Waals surface area contributed by atoms with Gasteiger partial charge < -0.3 is 10.0 Å². The van der Waals surface area contributed by atoms with Crippen LogP contribution < -0.4 is 4.90 Å². The minimum absolute atomic E-state index is 0.311. The molecule has 0 spiro atoms. The van der Waals surface area contributed by atoms with Crippen LogP contribution in [0, 0.1) is 0 Å². The van der Waals surface area contributed by atoms with Crippen molar-refractivity contribution in [2.45, 2.75) is 25.0 Å². The summed E-state index contributed by atoms with van der Waals surface area (Å²) in [4.78, 5) is 12.9. The number of carbonyl (C=O) groups is 1. The number of halogens is 1. The fourth-order valence-corrected chi connectivity index (χ4v) is 3.72. The van der Waals surface area contributed by atoms with Crippen molar-refractivity contribution in [3.63, 3.8) is 0 Å². The van der Waals surface area contributed by atoms with Crippen molar-refractivity contribution in [3.8, 4) is 0 Å².